The zero-order chi connectivity index (χ0) is 22.2. The van der Waals surface area contributed by atoms with Crippen LogP contribution in [0.4, 0.5) is 14.5 Å². The van der Waals surface area contributed by atoms with Gasteiger partial charge in [-0.25, -0.2) is 18.7 Å². The highest BCUT2D eigenvalue weighted by Gasteiger charge is 2.25. The Kier molecular flexibility index (Phi) is 5.51. The molecule has 0 amide bonds. The molecule has 0 saturated carbocycles. The van der Waals surface area contributed by atoms with Gasteiger partial charge in [0.25, 0.3) is 0 Å². The lowest BCUT2D eigenvalue weighted by atomic mass is 9.97. The third kappa shape index (κ3) is 3.93. The summed E-state index contributed by atoms with van der Waals surface area (Å²) < 4.78 is 35.2. The number of nitrogens with zero attached hydrogens (tertiary/aromatic N) is 3. The quantitative estimate of drug-likeness (QED) is 0.662. The van der Waals surface area contributed by atoms with Crippen LogP contribution in [0, 0.1) is 11.6 Å². The Hall–Kier alpha value is -3.06. The normalized spacial score (nSPS) is 15.3. The molecule has 32 heavy (non-hydrogen) atoms. The molecular formula is C25H26F2N4O. The number of aromatic nitrogens is 2. The van der Waals surface area contributed by atoms with Crippen molar-refractivity contribution in [2.45, 2.75) is 39.3 Å². The summed E-state index contributed by atoms with van der Waals surface area (Å²) in [7, 11) is 0. The summed E-state index contributed by atoms with van der Waals surface area (Å²) in [6.07, 6.45) is 2.68. The van der Waals surface area contributed by atoms with Gasteiger partial charge in [0, 0.05) is 24.6 Å². The molecular weight excluding hydrogens is 410 g/mol. The van der Waals surface area contributed by atoms with E-state index in [0.29, 0.717) is 36.6 Å². The Bertz CT molecular complexity index is 1160. The topological polar surface area (TPSA) is 50.3 Å². The van der Waals surface area contributed by atoms with Crippen LogP contribution in [0.15, 0.2) is 36.5 Å². The molecule has 2 aliphatic rings. The zero-order valence-electron chi connectivity index (χ0n) is 18.3. The second kappa shape index (κ2) is 8.47. The highest BCUT2D eigenvalue weighted by molar-refractivity contribution is 5.72. The van der Waals surface area contributed by atoms with Crippen LogP contribution in [0.5, 0.6) is 5.75 Å². The average Bonchev–Trinajstić information content (AvgIpc) is 2.79. The van der Waals surface area contributed by atoms with Crippen LogP contribution in [0.25, 0.3) is 11.3 Å². The SMILES string of the molecule is CC(C)N1CCOc2c(F)cc(-c3nc(Cc4ccc5c(c4)CNCC5)ncc3F)cc21. The van der Waals surface area contributed by atoms with Crippen molar-refractivity contribution in [3.8, 4) is 17.0 Å². The molecule has 2 aliphatic heterocycles. The maximum absolute atomic E-state index is 14.9. The van der Waals surface area contributed by atoms with E-state index in [0.717, 1.165) is 25.1 Å². The van der Waals surface area contributed by atoms with E-state index in [1.54, 1.807) is 6.07 Å². The van der Waals surface area contributed by atoms with Crippen LogP contribution in [-0.2, 0) is 19.4 Å². The molecule has 0 radical (unpaired) electrons. The van der Waals surface area contributed by atoms with Crippen molar-refractivity contribution in [2.75, 3.05) is 24.6 Å². The lowest BCUT2D eigenvalue weighted by molar-refractivity contribution is 0.287. The summed E-state index contributed by atoms with van der Waals surface area (Å²) in [5, 5.41) is 3.38. The Morgan fingerprint density at radius 1 is 1.12 bits per heavy atom. The summed E-state index contributed by atoms with van der Waals surface area (Å²) in [4.78, 5) is 10.7. The van der Waals surface area contributed by atoms with Gasteiger partial charge in [-0.15, -0.1) is 0 Å². The third-order valence-electron chi connectivity index (χ3n) is 6.12. The van der Waals surface area contributed by atoms with Crippen molar-refractivity contribution in [1.29, 1.82) is 0 Å². The Labute approximate surface area is 186 Å². The summed E-state index contributed by atoms with van der Waals surface area (Å²) in [6.45, 7) is 6.99. The molecule has 166 valence electrons. The molecule has 2 aromatic carbocycles. The van der Waals surface area contributed by atoms with Crippen LogP contribution in [0.2, 0.25) is 0 Å². The number of fused-ring (bicyclic) bond motifs is 2. The first-order valence-corrected chi connectivity index (χ1v) is 11.1. The van der Waals surface area contributed by atoms with E-state index in [1.165, 1.54) is 23.4 Å². The minimum absolute atomic E-state index is 0.102. The summed E-state index contributed by atoms with van der Waals surface area (Å²) >= 11 is 0. The van der Waals surface area contributed by atoms with Gasteiger partial charge in [0.05, 0.1) is 18.4 Å². The number of rotatable bonds is 4. The molecule has 1 N–H and O–H groups in total. The van der Waals surface area contributed by atoms with Crippen molar-refractivity contribution in [1.82, 2.24) is 15.3 Å². The van der Waals surface area contributed by atoms with Crippen LogP contribution < -0.4 is 15.0 Å². The highest BCUT2D eigenvalue weighted by atomic mass is 19.1. The maximum Gasteiger partial charge on any atom is 0.178 e. The number of anilines is 1. The van der Waals surface area contributed by atoms with Crippen LogP contribution >= 0.6 is 0 Å². The Balaban J connectivity index is 1.49. The summed E-state index contributed by atoms with van der Waals surface area (Å²) in [5.74, 6) is -0.369. The molecule has 0 unspecified atom stereocenters. The number of hydrogen-bond donors (Lipinski definition) is 1. The van der Waals surface area contributed by atoms with Crippen molar-refractivity contribution in [2.24, 2.45) is 0 Å². The van der Waals surface area contributed by atoms with Gasteiger partial charge in [-0.05, 0) is 55.6 Å². The fourth-order valence-electron chi connectivity index (χ4n) is 4.49. The van der Waals surface area contributed by atoms with Gasteiger partial charge in [0.1, 0.15) is 18.1 Å². The van der Waals surface area contributed by atoms with E-state index in [9.17, 15) is 8.78 Å². The Morgan fingerprint density at radius 3 is 2.84 bits per heavy atom. The molecule has 3 aromatic rings. The van der Waals surface area contributed by atoms with E-state index >= 15 is 0 Å². The molecule has 0 bridgehead atoms. The average molecular weight is 437 g/mol. The highest BCUT2D eigenvalue weighted by Crippen LogP contribution is 2.39. The van der Waals surface area contributed by atoms with Crippen LogP contribution in [-0.4, -0.2) is 35.7 Å². The predicted octanol–water partition coefficient (Wildman–Crippen LogP) is 4.27. The van der Waals surface area contributed by atoms with Crippen molar-refractivity contribution in [3.63, 3.8) is 0 Å². The minimum Gasteiger partial charge on any atom is -0.486 e. The number of nitrogens with one attached hydrogen (secondary N) is 1. The lowest BCUT2D eigenvalue weighted by Gasteiger charge is -2.34. The largest absolute Gasteiger partial charge is 0.486 e. The Morgan fingerprint density at radius 2 is 2.00 bits per heavy atom. The smallest absolute Gasteiger partial charge is 0.178 e. The fraction of sp³-hybridized carbons (Fsp3) is 0.360. The molecule has 0 spiro atoms. The van der Waals surface area contributed by atoms with E-state index in [2.05, 4.69) is 38.4 Å². The minimum atomic E-state index is -0.574. The number of halogens is 2. The molecule has 3 heterocycles. The predicted molar refractivity (Wildman–Crippen MR) is 120 cm³/mol. The van der Waals surface area contributed by atoms with E-state index in [4.69, 9.17) is 4.74 Å². The number of hydrogen-bond acceptors (Lipinski definition) is 5. The molecule has 0 aliphatic carbocycles. The van der Waals surface area contributed by atoms with Crippen molar-refractivity contribution >= 4 is 5.69 Å². The van der Waals surface area contributed by atoms with Gasteiger partial charge < -0.3 is 15.0 Å². The summed E-state index contributed by atoms with van der Waals surface area (Å²) in [6, 6.07) is 9.60. The van der Waals surface area contributed by atoms with E-state index in [1.807, 2.05) is 13.8 Å². The van der Waals surface area contributed by atoms with Gasteiger partial charge in [0.2, 0.25) is 0 Å². The molecule has 7 heteroatoms. The van der Waals surface area contributed by atoms with Gasteiger partial charge >= 0.3 is 0 Å². The number of benzene rings is 2. The standard InChI is InChI=1S/C25H26F2N4O/c1-15(2)31-7-8-32-25-20(26)11-18(12-22(25)31)24-21(27)14-29-23(30-24)10-16-3-4-17-5-6-28-13-19(17)9-16/h3-4,9,11-12,14-15,28H,5-8,10,13H2,1-2H3. The molecule has 1 aromatic heterocycles. The molecule has 0 fully saturated rings. The third-order valence-corrected chi connectivity index (χ3v) is 6.12. The molecule has 5 rings (SSSR count). The van der Waals surface area contributed by atoms with Gasteiger partial charge in [-0.3, -0.25) is 0 Å². The number of ether oxygens (including phenoxy) is 1. The fourth-order valence-corrected chi connectivity index (χ4v) is 4.49. The van der Waals surface area contributed by atoms with Crippen molar-refractivity contribution < 1.29 is 13.5 Å². The first kappa shape index (κ1) is 20.8. The monoisotopic (exact) mass is 436 g/mol. The van der Waals surface area contributed by atoms with Crippen molar-refractivity contribution in [3.05, 3.63) is 70.7 Å². The molecule has 0 atom stereocenters. The van der Waals surface area contributed by atoms with E-state index in [-0.39, 0.29) is 17.5 Å². The zero-order valence-corrected chi connectivity index (χ0v) is 18.3. The second-order valence-electron chi connectivity index (χ2n) is 8.63. The van der Waals surface area contributed by atoms with Crippen LogP contribution in [0.1, 0.15) is 36.4 Å². The summed E-state index contributed by atoms with van der Waals surface area (Å²) in [5.41, 5.74) is 4.82. The van der Waals surface area contributed by atoms with Gasteiger partial charge in [-0.2, -0.15) is 0 Å². The maximum atomic E-state index is 14.9. The molecule has 5 nitrogen and oxygen atoms in total. The first-order valence-electron chi connectivity index (χ1n) is 11.1. The molecule has 0 saturated heterocycles. The lowest BCUT2D eigenvalue weighted by Crippen LogP contribution is -2.38. The first-order chi connectivity index (χ1) is 15.5. The second-order valence-corrected chi connectivity index (χ2v) is 8.63. The van der Waals surface area contributed by atoms with Gasteiger partial charge in [-0.1, -0.05) is 18.2 Å². The van der Waals surface area contributed by atoms with Gasteiger partial charge in [0.15, 0.2) is 17.4 Å². The van der Waals surface area contributed by atoms with Crippen LogP contribution in [0.3, 0.4) is 0 Å². The van der Waals surface area contributed by atoms with E-state index < -0.39 is 11.6 Å².